The van der Waals surface area contributed by atoms with E-state index in [1.165, 1.54) is 105 Å². The van der Waals surface area contributed by atoms with Crippen molar-refractivity contribution < 1.29 is 0 Å². The van der Waals surface area contributed by atoms with Gasteiger partial charge in [0.25, 0.3) is 0 Å². The minimum absolute atomic E-state index is 0.101. The average molecular weight is 722 g/mol. The molecule has 272 valence electrons. The summed E-state index contributed by atoms with van der Waals surface area (Å²) < 4.78 is 0. The van der Waals surface area contributed by atoms with Crippen LogP contribution >= 0.6 is 0 Å². The molecule has 6 aliphatic carbocycles. The zero-order valence-corrected chi connectivity index (χ0v) is 32.4. The Morgan fingerprint density at radius 1 is 0.393 bits per heavy atom. The second kappa shape index (κ2) is 11.9. The van der Waals surface area contributed by atoms with Crippen molar-refractivity contribution in [2.45, 2.75) is 56.8 Å². The molecule has 0 amide bonds. The Kier molecular flexibility index (Phi) is 6.93. The molecule has 0 unspecified atom stereocenters. The SMILES string of the molecule is CC1(C)c2ccccc2-c2ccc(N(c3ccc4c(c3)-c3ccccc3C43C4CC5CC(C4)CC3C5)c3ccc(-c4ccccc4)cc3-c3ccccc3)cc21. The maximum atomic E-state index is 2.58. The van der Waals surface area contributed by atoms with E-state index in [-0.39, 0.29) is 10.8 Å². The maximum Gasteiger partial charge on any atom is 0.0540 e. The standard InChI is InChI=1S/C55H47N/c1-54(2)49-19-11-9-17-44(49)46-24-22-43(34-52(46)54)56(53-26-21-39(37-13-5-3-6-14-37)32-47(53)38-15-7-4-8-16-38)42-23-25-51-48(33-42)45-18-10-12-20-50(45)55(51)40-28-35-27-36(30-40)31-41(55)29-35/h3-26,32-36,40-41H,27-31H2,1-2H3. The highest BCUT2D eigenvalue weighted by Crippen LogP contribution is 2.69. The zero-order chi connectivity index (χ0) is 37.2. The van der Waals surface area contributed by atoms with Crippen LogP contribution in [0.1, 0.15) is 68.2 Å². The lowest BCUT2D eigenvalue weighted by Gasteiger charge is -2.61. The van der Waals surface area contributed by atoms with Crippen LogP contribution in [0.4, 0.5) is 17.1 Å². The van der Waals surface area contributed by atoms with Crippen LogP contribution in [0.25, 0.3) is 44.5 Å². The number of nitrogens with zero attached hydrogens (tertiary/aromatic N) is 1. The molecule has 1 heteroatoms. The summed E-state index contributed by atoms with van der Waals surface area (Å²) in [6, 6.07) is 62.3. The minimum atomic E-state index is -0.101. The highest BCUT2D eigenvalue weighted by Gasteiger charge is 2.61. The fraction of sp³-hybridized carbons (Fsp3) is 0.236. The van der Waals surface area contributed by atoms with Crippen molar-refractivity contribution >= 4 is 17.1 Å². The second-order valence-corrected chi connectivity index (χ2v) is 18.1. The molecule has 7 aromatic rings. The van der Waals surface area contributed by atoms with E-state index in [1.807, 2.05) is 0 Å². The van der Waals surface area contributed by atoms with E-state index in [0.29, 0.717) is 0 Å². The predicted octanol–water partition coefficient (Wildman–Crippen LogP) is 14.5. The van der Waals surface area contributed by atoms with Crippen molar-refractivity contribution in [2.24, 2.45) is 23.7 Å². The summed E-state index contributed by atoms with van der Waals surface area (Å²) in [6.07, 6.45) is 7.07. The molecule has 4 fully saturated rings. The smallest absolute Gasteiger partial charge is 0.0540 e. The third-order valence-corrected chi connectivity index (χ3v) is 15.1. The van der Waals surface area contributed by atoms with Gasteiger partial charge in [-0.25, -0.2) is 0 Å². The number of benzene rings is 7. The van der Waals surface area contributed by atoms with Gasteiger partial charge in [0.2, 0.25) is 0 Å². The van der Waals surface area contributed by atoms with Gasteiger partial charge >= 0.3 is 0 Å². The lowest BCUT2D eigenvalue weighted by Crippen LogP contribution is -2.55. The number of fused-ring (bicyclic) bond motifs is 6. The van der Waals surface area contributed by atoms with Crippen LogP contribution in [-0.4, -0.2) is 0 Å². The fourth-order valence-electron chi connectivity index (χ4n) is 12.9. The van der Waals surface area contributed by atoms with Gasteiger partial charge in [-0.05, 0) is 153 Å². The molecular weight excluding hydrogens is 675 g/mol. The molecule has 0 heterocycles. The molecule has 6 aliphatic rings. The molecule has 0 aliphatic heterocycles. The van der Waals surface area contributed by atoms with E-state index in [2.05, 4.69) is 183 Å². The molecule has 7 aromatic carbocycles. The van der Waals surface area contributed by atoms with Crippen LogP contribution in [0.15, 0.2) is 164 Å². The Balaban J connectivity index is 1.09. The monoisotopic (exact) mass is 721 g/mol. The summed E-state index contributed by atoms with van der Waals surface area (Å²) in [5.74, 6) is 3.36. The van der Waals surface area contributed by atoms with E-state index >= 15 is 0 Å². The van der Waals surface area contributed by atoms with E-state index in [4.69, 9.17) is 0 Å². The van der Waals surface area contributed by atoms with Crippen molar-refractivity contribution in [2.75, 3.05) is 4.90 Å². The minimum Gasteiger partial charge on any atom is -0.310 e. The van der Waals surface area contributed by atoms with Gasteiger partial charge in [-0.1, -0.05) is 141 Å². The van der Waals surface area contributed by atoms with Gasteiger partial charge in [-0.3, -0.25) is 0 Å². The Morgan fingerprint density at radius 2 is 0.946 bits per heavy atom. The largest absolute Gasteiger partial charge is 0.310 e. The van der Waals surface area contributed by atoms with Crippen LogP contribution in [0.2, 0.25) is 0 Å². The number of hydrogen-bond acceptors (Lipinski definition) is 1. The van der Waals surface area contributed by atoms with E-state index < -0.39 is 0 Å². The number of hydrogen-bond donors (Lipinski definition) is 0. The van der Waals surface area contributed by atoms with Gasteiger partial charge in [0.1, 0.15) is 0 Å². The highest BCUT2D eigenvalue weighted by atomic mass is 15.1. The first-order valence-electron chi connectivity index (χ1n) is 21.0. The molecular formula is C55H47N. The van der Waals surface area contributed by atoms with E-state index in [9.17, 15) is 0 Å². The van der Waals surface area contributed by atoms with Gasteiger partial charge in [-0.2, -0.15) is 0 Å². The van der Waals surface area contributed by atoms with Crippen molar-refractivity contribution in [1.29, 1.82) is 0 Å². The van der Waals surface area contributed by atoms with E-state index in [1.54, 1.807) is 11.1 Å². The molecule has 1 nitrogen and oxygen atoms in total. The maximum absolute atomic E-state index is 2.58. The summed E-state index contributed by atoms with van der Waals surface area (Å²) in [5, 5.41) is 0. The molecule has 4 bridgehead atoms. The first-order valence-corrected chi connectivity index (χ1v) is 21.0. The molecule has 0 N–H and O–H groups in total. The molecule has 13 rings (SSSR count). The molecule has 0 aromatic heterocycles. The van der Waals surface area contributed by atoms with E-state index in [0.717, 1.165) is 23.7 Å². The Labute approximate surface area is 331 Å². The summed E-state index contributed by atoms with van der Waals surface area (Å²) in [6.45, 7) is 4.79. The van der Waals surface area contributed by atoms with Crippen molar-refractivity contribution in [3.05, 3.63) is 186 Å². The van der Waals surface area contributed by atoms with Crippen LogP contribution < -0.4 is 4.90 Å². The molecule has 56 heavy (non-hydrogen) atoms. The lowest BCUT2D eigenvalue weighted by molar-refractivity contribution is -0.0399. The third-order valence-electron chi connectivity index (χ3n) is 15.1. The normalized spacial score (nSPS) is 24.1. The molecule has 0 atom stereocenters. The van der Waals surface area contributed by atoms with Crippen LogP contribution in [0.3, 0.4) is 0 Å². The Bertz CT molecular complexity index is 2660. The van der Waals surface area contributed by atoms with Gasteiger partial charge in [0.15, 0.2) is 0 Å². The summed E-state index contributed by atoms with van der Waals surface area (Å²) in [7, 11) is 0. The van der Waals surface area contributed by atoms with Gasteiger partial charge in [-0.15, -0.1) is 0 Å². The summed E-state index contributed by atoms with van der Waals surface area (Å²) in [5.41, 5.74) is 20.2. The molecule has 4 saturated carbocycles. The third kappa shape index (κ3) is 4.49. The first-order chi connectivity index (χ1) is 27.5. The van der Waals surface area contributed by atoms with Crippen molar-refractivity contribution in [3.8, 4) is 44.5 Å². The van der Waals surface area contributed by atoms with Gasteiger partial charge in [0, 0.05) is 27.8 Å². The lowest BCUT2D eigenvalue weighted by atomic mass is 9.43. The zero-order valence-electron chi connectivity index (χ0n) is 32.4. The molecule has 0 saturated heterocycles. The summed E-state index contributed by atoms with van der Waals surface area (Å²) >= 11 is 0. The second-order valence-electron chi connectivity index (χ2n) is 18.1. The van der Waals surface area contributed by atoms with Crippen molar-refractivity contribution in [3.63, 3.8) is 0 Å². The van der Waals surface area contributed by atoms with Gasteiger partial charge in [0.05, 0.1) is 5.69 Å². The van der Waals surface area contributed by atoms with Gasteiger partial charge < -0.3 is 4.90 Å². The molecule has 1 spiro atoms. The first kappa shape index (κ1) is 32.6. The number of anilines is 3. The predicted molar refractivity (Wildman–Crippen MR) is 233 cm³/mol. The van der Waals surface area contributed by atoms with Crippen LogP contribution in [0.5, 0.6) is 0 Å². The fourth-order valence-corrected chi connectivity index (χ4v) is 12.9. The highest BCUT2D eigenvalue weighted by molar-refractivity contribution is 5.94. The molecule has 0 radical (unpaired) electrons. The topological polar surface area (TPSA) is 3.24 Å². The van der Waals surface area contributed by atoms with Crippen LogP contribution in [-0.2, 0) is 10.8 Å². The Morgan fingerprint density at radius 3 is 1.66 bits per heavy atom. The number of rotatable bonds is 5. The average Bonchev–Trinajstić information content (AvgIpc) is 3.66. The Hall–Kier alpha value is -5.66. The quantitative estimate of drug-likeness (QED) is 0.171. The van der Waals surface area contributed by atoms with Crippen LogP contribution in [0, 0.1) is 23.7 Å². The van der Waals surface area contributed by atoms with Crippen molar-refractivity contribution in [1.82, 2.24) is 0 Å². The summed E-state index contributed by atoms with van der Waals surface area (Å²) in [4.78, 5) is 2.57.